The SMILES string of the molecule is O=C(CN1C(=O)CC(c2ccccc2)=Nc2ccccc21)Nc1ccc(Cl)cc1. The molecule has 0 fully saturated rings. The monoisotopic (exact) mass is 403 g/mol. The molecule has 0 aliphatic carbocycles. The highest BCUT2D eigenvalue weighted by molar-refractivity contribution is 6.30. The van der Waals surface area contributed by atoms with E-state index in [4.69, 9.17) is 16.6 Å². The summed E-state index contributed by atoms with van der Waals surface area (Å²) >= 11 is 5.88. The van der Waals surface area contributed by atoms with Crippen LogP contribution in [0.25, 0.3) is 0 Å². The van der Waals surface area contributed by atoms with Crippen LogP contribution in [0.5, 0.6) is 0 Å². The molecule has 1 heterocycles. The lowest BCUT2D eigenvalue weighted by Crippen LogP contribution is -2.38. The molecule has 0 bridgehead atoms. The Morgan fingerprint density at radius 1 is 0.966 bits per heavy atom. The van der Waals surface area contributed by atoms with E-state index in [2.05, 4.69) is 5.32 Å². The van der Waals surface area contributed by atoms with Crippen molar-refractivity contribution in [3.8, 4) is 0 Å². The fraction of sp³-hybridized carbons (Fsp3) is 0.0870. The smallest absolute Gasteiger partial charge is 0.244 e. The molecule has 2 amide bonds. The van der Waals surface area contributed by atoms with E-state index in [0.29, 0.717) is 27.8 Å². The Labute approximate surface area is 173 Å². The third kappa shape index (κ3) is 4.36. The molecule has 0 atom stereocenters. The van der Waals surface area contributed by atoms with E-state index in [1.165, 1.54) is 4.90 Å². The number of benzene rings is 3. The van der Waals surface area contributed by atoms with Gasteiger partial charge in [0.15, 0.2) is 0 Å². The van der Waals surface area contributed by atoms with Gasteiger partial charge in [-0.1, -0.05) is 54.1 Å². The van der Waals surface area contributed by atoms with Crippen molar-refractivity contribution in [1.29, 1.82) is 0 Å². The average molecular weight is 404 g/mol. The first-order valence-corrected chi connectivity index (χ1v) is 9.56. The van der Waals surface area contributed by atoms with E-state index in [1.54, 1.807) is 30.3 Å². The lowest BCUT2D eigenvalue weighted by molar-refractivity contribution is -0.120. The van der Waals surface area contributed by atoms with Crippen LogP contribution in [0, 0.1) is 0 Å². The summed E-state index contributed by atoms with van der Waals surface area (Å²) in [7, 11) is 0. The summed E-state index contributed by atoms with van der Waals surface area (Å²) < 4.78 is 0. The topological polar surface area (TPSA) is 61.8 Å². The first kappa shape index (κ1) is 18.9. The third-order valence-electron chi connectivity index (χ3n) is 4.58. The van der Waals surface area contributed by atoms with E-state index in [9.17, 15) is 9.59 Å². The van der Waals surface area contributed by atoms with Gasteiger partial charge in [0.05, 0.1) is 23.5 Å². The molecule has 0 saturated carbocycles. The normalized spacial score (nSPS) is 13.3. The van der Waals surface area contributed by atoms with Crippen LogP contribution >= 0.6 is 11.6 Å². The van der Waals surface area contributed by atoms with Crippen LogP contribution in [0.3, 0.4) is 0 Å². The minimum absolute atomic E-state index is 0.101. The number of hydrogen-bond donors (Lipinski definition) is 1. The van der Waals surface area contributed by atoms with E-state index in [-0.39, 0.29) is 24.8 Å². The van der Waals surface area contributed by atoms with Gasteiger partial charge in [-0.3, -0.25) is 14.6 Å². The first-order chi connectivity index (χ1) is 14.1. The minimum atomic E-state index is -0.293. The zero-order chi connectivity index (χ0) is 20.2. The summed E-state index contributed by atoms with van der Waals surface area (Å²) in [5, 5.41) is 3.39. The van der Waals surface area contributed by atoms with Crippen molar-refractivity contribution >= 4 is 46.2 Å². The summed E-state index contributed by atoms with van der Waals surface area (Å²) in [5.41, 5.74) is 3.48. The van der Waals surface area contributed by atoms with Gasteiger partial charge in [-0.25, -0.2) is 0 Å². The van der Waals surface area contributed by atoms with Crippen LogP contribution in [0.1, 0.15) is 12.0 Å². The van der Waals surface area contributed by atoms with Crippen molar-refractivity contribution in [2.45, 2.75) is 6.42 Å². The molecule has 0 aromatic heterocycles. The molecule has 1 aliphatic rings. The second kappa shape index (κ2) is 8.29. The Morgan fingerprint density at radius 2 is 1.66 bits per heavy atom. The van der Waals surface area contributed by atoms with E-state index in [0.717, 1.165) is 5.56 Å². The quantitative estimate of drug-likeness (QED) is 0.677. The van der Waals surface area contributed by atoms with Crippen LogP contribution in [0.15, 0.2) is 83.9 Å². The van der Waals surface area contributed by atoms with Crippen molar-refractivity contribution in [1.82, 2.24) is 0 Å². The summed E-state index contributed by atoms with van der Waals surface area (Å²) in [5.74, 6) is -0.470. The molecule has 0 saturated heterocycles. The Balaban J connectivity index is 1.60. The number of anilines is 2. The lowest BCUT2D eigenvalue weighted by Gasteiger charge is -2.22. The number of nitrogens with one attached hydrogen (secondary N) is 1. The minimum Gasteiger partial charge on any atom is -0.325 e. The predicted octanol–water partition coefficient (Wildman–Crippen LogP) is 4.84. The number of hydrogen-bond acceptors (Lipinski definition) is 3. The summed E-state index contributed by atoms with van der Waals surface area (Å²) in [6.45, 7) is -0.101. The van der Waals surface area contributed by atoms with Crippen molar-refractivity contribution in [2.75, 3.05) is 16.8 Å². The number of nitrogens with zero attached hydrogens (tertiary/aromatic N) is 2. The van der Waals surface area contributed by atoms with Crippen molar-refractivity contribution in [3.63, 3.8) is 0 Å². The summed E-state index contributed by atoms with van der Waals surface area (Å²) in [4.78, 5) is 31.9. The molecule has 3 aromatic rings. The maximum absolute atomic E-state index is 13.0. The Morgan fingerprint density at radius 3 is 2.41 bits per heavy atom. The second-order valence-electron chi connectivity index (χ2n) is 6.62. The van der Waals surface area contributed by atoms with Crippen molar-refractivity contribution in [2.24, 2.45) is 4.99 Å². The highest BCUT2D eigenvalue weighted by Crippen LogP contribution is 2.32. The molecule has 1 N–H and O–H groups in total. The van der Waals surface area contributed by atoms with Gasteiger partial charge in [-0.05, 0) is 42.0 Å². The van der Waals surface area contributed by atoms with Gasteiger partial charge in [0.1, 0.15) is 6.54 Å². The number of rotatable bonds is 4. The molecule has 6 heteroatoms. The molecular formula is C23H18ClN3O2. The summed E-state index contributed by atoms with van der Waals surface area (Å²) in [6.07, 6.45) is 0.118. The molecule has 0 radical (unpaired) electrons. The van der Waals surface area contributed by atoms with E-state index in [1.807, 2.05) is 48.5 Å². The van der Waals surface area contributed by atoms with Gasteiger partial charge >= 0.3 is 0 Å². The Hall–Kier alpha value is -3.44. The number of amides is 2. The van der Waals surface area contributed by atoms with Gasteiger partial charge in [0, 0.05) is 10.7 Å². The van der Waals surface area contributed by atoms with Crippen LogP contribution in [-0.4, -0.2) is 24.1 Å². The molecule has 29 heavy (non-hydrogen) atoms. The third-order valence-corrected chi connectivity index (χ3v) is 4.84. The van der Waals surface area contributed by atoms with Crippen molar-refractivity contribution in [3.05, 3.63) is 89.4 Å². The highest BCUT2D eigenvalue weighted by Gasteiger charge is 2.26. The summed E-state index contributed by atoms with van der Waals surface area (Å²) in [6, 6.07) is 23.8. The number of halogens is 1. The zero-order valence-corrected chi connectivity index (χ0v) is 16.3. The van der Waals surface area contributed by atoms with Gasteiger partial charge in [0.25, 0.3) is 0 Å². The standard InChI is InChI=1S/C23H18ClN3O2/c24-17-10-12-18(13-11-17)25-22(28)15-27-21-9-5-4-8-19(21)26-20(14-23(27)29)16-6-2-1-3-7-16/h1-13H,14-15H2,(H,25,28). The lowest BCUT2D eigenvalue weighted by atomic mass is 10.1. The largest absolute Gasteiger partial charge is 0.325 e. The Kier molecular flexibility index (Phi) is 5.40. The van der Waals surface area contributed by atoms with Crippen LogP contribution in [0.4, 0.5) is 17.1 Å². The highest BCUT2D eigenvalue weighted by atomic mass is 35.5. The Bertz CT molecular complexity index is 1080. The van der Waals surface area contributed by atoms with E-state index < -0.39 is 0 Å². The second-order valence-corrected chi connectivity index (χ2v) is 7.06. The van der Waals surface area contributed by atoms with Gasteiger partial charge < -0.3 is 10.2 Å². The van der Waals surface area contributed by atoms with Crippen LogP contribution in [-0.2, 0) is 9.59 Å². The fourth-order valence-corrected chi connectivity index (χ4v) is 3.32. The number of carbonyl (C=O) groups excluding carboxylic acids is 2. The number of aliphatic imine (C=N–C) groups is 1. The molecule has 5 nitrogen and oxygen atoms in total. The number of carbonyl (C=O) groups is 2. The predicted molar refractivity (Wildman–Crippen MR) is 116 cm³/mol. The van der Waals surface area contributed by atoms with Gasteiger partial charge in [-0.15, -0.1) is 0 Å². The molecule has 4 rings (SSSR count). The maximum atomic E-state index is 13.0. The average Bonchev–Trinajstić information content (AvgIpc) is 2.87. The van der Waals surface area contributed by atoms with Crippen LogP contribution in [0.2, 0.25) is 5.02 Å². The molecular weight excluding hydrogens is 386 g/mol. The maximum Gasteiger partial charge on any atom is 0.244 e. The van der Waals surface area contributed by atoms with Crippen LogP contribution < -0.4 is 10.2 Å². The molecule has 3 aromatic carbocycles. The van der Waals surface area contributed by atoms with E-state index >= 15 is 0 Å². The number of fused-ring (bicyclic) bond motifs is 1. The molecule has 0 unspecified atom stereocenters. The fourth-order valence-electron chi connectivity index (χ4n) is 3.19. The van der Waals surface area contributed by atoms with Crippen molar-refractivity contribution < 1.29 is 9.59 Å². The number of para-hydroxylation sites is 2. The first-order valence-electron chi connectivity index (χ1n) is 9.18. The van der Waals surface area contributed by atoms with Gasteiger partial charge in [0.2, 0.25) is 11.8 Å². The molecule has 144 valence electrons. The molecule has 1 aliphatic heterocycles. The van der Waals surface area contributed by atoms with Gasteiger partial charge in [-0.2, -0.15) is 0 Å². The zero-order valence-electron chi connectivity index (χ0n) is 15.5. The molecule has 0 spiro atoms.